The van der Waals surface area contributed by atoms with Crippen molar-refractivity contribution in [1.82, 2.24) is 4.98 Å². The molecule has 2 unspecified atom stereocenters. The number of esters is 1. The van der Waals surface area contributed by atoms with Gasteiger partial charge in [0.1, 0.15) is 16.6 Å². The molecule has 0 saturated carbocycles. The van der Waals surface area contributed by atoms with Crippen LogP contribution in [0, 0.1) is 11.8 Å². The Bertz CT molecular complexity index is 689. The Kier molecular flexibility index (Phi) is 7.39. The molecule has 0 spiro atoms. The van der Waals surface area contributed by atoms with Crippen molar-refractivity contribution in [3.63, 3.8) is 0 Å². The molecule has 7 nitrogen and oxygen atoms in total. The van der Waals surface area contributed by atoms with Gasteiger partial charge in [0.2, 0.25) is 0 Å². The number of ether oxygens (including phenoxy) is 2. The minimum atomic E-state index is -0.374. The summed E-state index contributed by atoms with van der Waals surface area (Å²) < 4.78 is 11.9. The number of thioether (sulfide) groups is 1. The Hall–Kier alpha value is -0.990. The monoisotopic (exact) mass is 448 g/mol. The number of hydrogen-bond donors (Lipinski definition) is 0. The van der Waals surface area contributed by atoms with E-state index >= 15 is 0 Å². The number of pyridine rings is 1. The molecule has 0 radical (unpaired) electrons. The van der Waals surface area contributed by atoms with Gasteiger partial charge in [-0.25, -0.2) is 4.98 Å². The number of azide groups is 1. The zero-order valence-corrected chi connectivity index (χ0v) is 17.1. The van der Waals surface area contributed by atoms with E-state index in [-0.39, 0.29) is 42.0 Å². The summed E-state index contributed by atoms with van der Waals surface area (Å²) in [7, 11) is 0. The highest BCUT2D eigenvalue weighted by atomic mass is 79.9. The summed E-state index contributed by atoms with van der Waals surface area (Å²) in [6.45, 7) is 5.37. The zero-order chi connectivity index (χ0) is 18.6. The first-order valence-corrected chi connectivity index (χ1v) is 9.69. The van der Waals surface area contributed by atoms with Gasteiger partial charge in [0.05, 0.1) is 11.1 Å². The van der Waals surface area contributed by atoms with Crippen LogP contribution in [-0.2, 0) is 14.3 Å². The van der Waals surface area contributed by atoms with Gasteiger partial charge in [0.25, 0.3) is 0 Å². The highest BCUT2D eigenvalue weighted by molar-refractivity contribution is 9.10. The number of aromatic nitrogens is 1. The van der Waals surface area contributed by atoms with Crippen LogP contribution in [0.1, 0.15) is 20.8 Å². The molecule has 1 fully saturated rings. The van der Waals surface area contributed by atoms with Gasteiger partial charge in [-0.05, 0) is 33.4 Å². The minimum absolute atomic E-state index is 0.0460. The maximum atomic E-state index is 11.1. The van der Waals surface area contributed by atoms with Crippen molar-refractivity contribution in [2.75, 3.05) is 6.61 Å². The zero-order valence-electron chi connectivity index (χ0n) is 13.9. The second-order valence-electron chi connectivity index (χ2n) is 5.82. The van der Waals surface area contributed by atoms with Gasteiger partial charge >= 0.3 is 5.97 Å². The summed E-state index contributed by atoms with van der Waals surface area (Å²) >= 11 is 10.9. The lowest BCUT2D eigenvalue weighted by molar-refractivity contribution is -0.153. The maximum Gasteiger partial charge on any atom is 0.302 e. The molecule has 1 aliphatic heterocycles. The Labute approximate surface area is 163 Å². The molecule has 1 saturated heterocycles. The molecule has 2 heterocycles. The lowest BCUT2D eigenvalue weighted by Gasteiger charge is -2.42. The lowest BCUT2D eigenvalue weighted by atomic mass is 9.85. The molecule has 0 bridgehead atoms. The van der Waals surface area contributed by atoms with Crippen molar-refractivity contribution in [2.24, 2.45) is 17.0 Å². The molecule has 1 aromatic heterocycles. The number of halogens is 2. The van der Waals surface area contributed by atoms with Gasteiger partial charge in [-0.3, -0.25) is 4.79 Å². The minimum Gasteiger partial charge on any atom is -0.463 e. The molecule has 0 amide bonds. The Balaban J connectivity index is 2.23. The van der Waals surface area contributed by atoms with Crippen molar-refractivity contribution >= 4 is 45.3 Å². The van der Waals surface area contributed by atoms with Crippen LogP contribution in [0.25, 0.3) is 10.4 Å². The first kappa shape index (κ1) is 20.3. The van der Waals surface area contributed by atoms with Crippen LogP contribution in [0.3, 0.4) is 0 Å². The molecule has 5 atom stereocenters. The number of carbonyl (C=O) groups is 1. The van der Waals surface area contributed by atoms with Crippen LogP contribution in [-0.4, -0.2) is 35.1 Å². The van der Waals surface area contributed by atoms with E-state index in [2.05, 4.69) is 30.9 Å². The molecule has 1 aromatic rings. The van der Waals surface area contributed by atoms with Crippen LogP contribution in [0.15, 0.2) is 26.9 Å². The van der Waals surface area contributed by atoms with E-state index < -0.39 is 0 Å². The van der Waals surface area contributed by atoms with Crippen molar-refractivity contribution in [3.8, 4) is 0 Å². The van der Waals surface area contributed by atoms with E-state index in [1.54, 1.807) is 12.3 Å². The van der Waals surface area contributed by atoms with Crippen LogP contribution < -0.4 is 0 Å². The second kappa shape index (κ2) is 9.09. The van der Waals surface area contributed by atoms with E-state index in [0.29, 0.717) is 9.63 Å². The fourth-order valence-electron chi connectivity index (χ4n) is 2.69. The highest BCUT2D eigenvalue weighted by Gasteiger charge is 2.42. The third kappa shape index (κ3) is 5.24. The van der Waals surface area contributed by atoms with Gasteiger partial charge in [-0.15, -0.1) is 0 Å². The third-order valence-corrected chi connectivity index (χ3v) is 6.49. The predicted molar refractivity (Wildman–Crippen MR) is 99.4 cm³/mol. The topological polar surface area (TPSA) is 97.2 Å². The van der Waals surface area contributed by atoms with Crippen molar-refractivity contribution in [1.29, 1.82) is 0 Å². The number of hydrogen-bond acceptors (Lipinski definition) is 6. The summed E-state index contributed by atoms with van der Waals surface area (Å²) in [4.78, 5) is 19.1. The van der Waals surface area contributed by atoms with Crippen LogP contribution >= 0.6 is 39.3 Å². The third-order valence-electron chi connectivity index (χ3n) is 4.05. The Morgan fingerprint density at radius 3 is 2.92 bits per heavy atom. The molecule has 10 heteroatoms. The molecule has 0 N–H and O–H groups in total. The first-order chi connectivity index (χ1) is 11.8. The fraction of sp³-hybridized carbons (Fsp3) is 0.600. The van der Waals surface area contributed by atoms with Crippen LogP contribution in [0.2, 0.25) is 5.02 Å². The number of nitrogens with zero attached hydrogens (tertiary/aromatic N) is 4. The molecular formula is C15H18BrClN4O3S. The molecule has 25 heavy (non-hydrogen) atoms. The van der Waals surface area contributed by atoms with E-state index in [9.17, 15) is 4.79 Å². The van der Waals surface area contributed by atoms with Crippen molar-refractivity contribution in [3.05, 3.63) is 32.3 Å². The number of carbonyl (C=O) groups excluding carboxylic acids is 1. The van der Waals surface area contributed by atoms with E-state index in [4.69, 9.17) is 26.6 Å². The van der Waals surface area contributed by atoms with Crippen molar-refractivity contribution < 1.29 is 14.3 Å². The molecule has 136 valence electrons. The summed E-state index contributed by atoms with van der Waals surface area (Å²) in [5.41, 5.74) is 8.60. The summed E-state index contributed by atoms with van der Waals surface area (Å²) in [6, 6.07) is 1.52. The van der Waals surface area contributed by atoms with E-state index in [1.807, 2.05) is 13.8 Å². The number of rotatable bonds is 5. The molecule has 0 aliphatic carbocycles. The Morgan fingerprint density at radius 2 is 2.28 bits per heavy atom. The summed E-state index contributed by atoms with van der Waals surface area (Å²) in [5, 5.41) is 4.47. The summed E-state index contributed by atoms with van der Waals surface area (Å²) in [6.07, 6.45) is 1.19. The van der Waals surface area contributed by atoms with E-state index in [1.165, 1.54) is 18.7 Å². The smallest absolute Gasteiger partial charge is 0.302 e. The highest BCUT2D eigenvalue weighted by Crippen LogP contribution is 2.42. The largest absolute Gasteiger partial charge is 0.463 e. The summed E-state index contributed by atoms with van der Waals surface area (Å²) in [5.74, 6) is -0.501. The first-order valence-electron chi connectivity index (χ1n) is 7.64. The second-order valence-corrected chi connectivity index (χ2v) is 8.15. The van der Waals surface area contributed by atoms with Crippen LogP contribution in [0.4, 0.5) is 0 Å². The standard InChI is InChI=1S/C15H18BrClN4O3S/c1-7-11(6-23-9(3)22)24-15(8(2)13(7)20-21-18)25-12-4-10(17)5-19-14(12)16/h4-5,7-8,11,13,15H,6H2,1-3H3/t7-,8?,11?,13-,15+/m0/s1. The van der Waals surface area contributed by atoms with Gasteiger partial charge in [0, 0.05) is 34.9 Å². The average Bonchev–Trinajstić information content (AvgIpc) is 2.56. The molecule has 0 aromatic carbocycles. The molecule has 1 aliphatic rings. The normalized spacial score (nSPS) is 28.9. The van der Waals surface area contributed by atoms with E-state index in [0.717, 1.165) is 4.90 Å². The van der Waals surface area contributed by atoms with Crippen molar-refractivity contribution in [2.45, 2.75) is 43.2 Å². The van der Waals surface area contributed by atoms with Gasteiger partial charge in [0.15, 0.2) is 0 Å². The molecule has 2 rings (SSSR count). The fourth-order valence-corrected chi connectivity index (χ4v) is 4.58. The Morgan fingerprint density at radius 1 is 1.56 bits per heavy atom. The maximum absolute atomic E-state index is 11.1. The quantitative estimate of drug-likeness (QED) is 0.211. The van der Waals surface area contributed by atoms with Gasteiger partial charge < -0.3 is 9.47 Å². The van der Waals surface area contributed by atoms with Gasteiger partial charge in [-0.2, -0.15) is 0 Å². The lowest BCUT2D eigenvalue weighted by Crippen LogP contribution is -2.48. The van der Waals surface area contributed by atoms with Crippen LogP contribution in [0.5, 0.6) is 0 Å². The predicted octanol–water partition coefficient (Wildman–Crippen LogP) is 4.83. The SMILES string of the molecule is CC(=O)OCC1O[C@H](Sc2cc(Cl)cnc2Br)C(C)[C@@H](N=[N+]=[N-])[C@H]1C. The van der Waals surface area contributed by atoms with Gasteiger partial charge in [-0.1, -0.05) is 42.3 Å². The molecular weight excluding hydrogens is 432 g/mol. The average molecular weight is 450 g/mol.